The Morgan fingerprint density at radius 2 is 2.20 bits per heavy atom. The molecule has 0 saturated heterocycles. The maximum Gasteiger partial charge on any atom is 0.344 e. The third kappa shape index (κ3) is 2.38. The highest BCUT2D eigenvalue weighted by atomic mass is 35.5. The number of carbonyl (C=O) groups excluding carboxylic acids is 1. The molecule has 7 heteroatoms. The molecule has 0 bridgehead atoms. The number of halogens is 4. The summed E-state index contributed by atoms with van der Waals surface area (Å²) >= 11 is 5.37. The molecule has 1 heterocycles. The Morgan fingerprint density at radius 1 is 1.60 bits per heavy atom. The van der Waals surface area contributed by atoms with Crippen LogP contribution in [0.4, 0.5) is 13.2 Å². The van der Waals surface area contributed by atoms with E-state index in [1.165, 1.54) is 0 Å². The van der Waals surface area contributed by atoms with E-state index < -0.39 is 34.6 Å². The molecular formula is C8H5ClF3NO2. The molecule has 0 spiro atoms. The summed E-state index contributed by atoms with van der Waals surface area (Å²) in [6.45, 7) is 0. The second-order valence-corrected chi connectivity index (χ2v) is 2.85. The van der Waals surface area contributed by atoms with Crippen molar-refractivity contribution in [1.29, 1.82) is 0 Å². The van der Waals surface area contributed by atoms with Crippen LogP contribution in [-0.2, 0) is 4.74 Å². The fraction of sp³-hybridized carbons (Fsp3) is 0.250. The monoisotopic (exact) mass is 239 g/mol. The van der Waals surface area contributed by atoms with Gasteiger partial charge in [-0.15, -0.1) is 0 Å². The Bertz CT molecular complexity index is 374. The van der Waals surface area contributed by atoms with Gasteiger partial charge in [0.1, 0.15) is 22.2 Å². The Labute approximate surface area is 87.8 Å². The lowest BCUT2D eigenvalue weighted by molar-refractivity contribution is 0.0594. The highest BCUT2D eigenvalue weighted by Crippen LogP contribution is 2.24. The molecule has 0 unspecified atom stereocenters. The topological polar surface area (TPSA) is 39.2 Å². The molecule has 1 aromatic rings. The van der Waals surface area contributed by atoms with Crippen molar-refractivity contribution in [1.82, 2.24) is 4.98 Å². The lowest BCUT2D eigenvalue weighted by atomic mass is 10.2. The summed E-state index contributed by atoms with van der Waals surface area (Å²) in [6, 6.07) is 0.447. The Hall–Kier alpha value is -1.30. The Kier molecular flexibility index (Phi) is 3.52. The SMILES string of the molecule is COC(=O)c1c(F)cc(C(F)F)nc1Cl. The van der Waals surface area contributed by atoms with Gasteiger partial charge in [-0.05, 0) is 0 Å². The summed E-state index contributed by atoms with van der Waals surface area (Å²) in [5, 5.41) is -0.642. The lowest BCUT2D eigenvalue weighted by Crippen LogP contribution is -2.08. The zero-order chi connectivity index (χ0) is 11.6. The van der Waals surface area contributed by atoms with Crippen LogP contribution in [0, 0.1) is 5.82 Å². The number of hydrogen-bond acceptors (Lipinski definition) is 3. The first-order valence-corrected chi connectivity index (χ1v) is 4.07. The number of carbonyl (C=O) groups is 1. The molecular weight excluding hydrogens is 235 g/mol. The van der Waals surface area contributed by atoms with E-state index in [0.29, 0.717) is 6.07 Å². The van der Waals surface area contributed by atoms with Gasteiger partial charge in [0.2, 0.25) is 0 Å². The van der Waals surface area contributed by atoms with Crippen LogP contribution in [0.1, 0.15) is 22.5 Å². The van der Waals surface area contributed by atoms with Gasteiger partial charge < -0.3 is 4.74 Å². The average Bonchev–Trinajstić information content (AvgIpc) is 2.16. The Balaban J connectivity index is 3.27. The highest BCUT2D eigenvalue weighted by molar-refractivity contribution is 6.32. The first-order valence-electron chi connectivity index (χ1n) is 3.69. The van der Waals surface area contributed by atoms with Crippen LogP contribution in [-0.4, -0.2) is 18.1 Å². The minimum atomic E-state index is -2.95. The molecule has 0 amide bonds. The van der Waals surface area contributed by atoms with Gasteiger partial charge in [0.25, 0.3) is 6.43 Å². The van der Waals surface area contributed by atoms with Gasteiger partial charge in [-0.2, -0.15) is 0 Å². The van der Waals surface area contributed by atoms with Gasteiger partial charge in [-0.1, -0.05) is 11.6 Å². The van der Waals surface area contributed by atoms with Crippen LogP contribution >= 0.6 is 11.6 Å². The van der Waals surface area contributed by atoms with Crippen LogP contribution in [0.15, 0.2) is 6.07 Å². The van der Waals surface area contributed by atoms with E-state index in [2.05, 4.69) is 9.72 Å². The van der Waals surface area contributed by atoms with Crippen molar-refractivity contribution in [3.05, 3.63) is 28.3 Å². The Morgan fingerprint density at radius 3 is 2.60 bits per heavy atom. The summed E-state index contributed by atoms with van der Waals surface area (Å²) in [5.41, 5.74) is -1.48. The molecule has 1 aromatic heterocycles. The van der Waals surface area contributed by atoms with Crippen molar-refractivity contribution in [2.45, 2.75) is 6.43 Å². The average molecular weight is 240 g/mol. The molecule has 0 N–H and O–H groups in total. The molecule has 15 heavy (non-hydrogen) atoms. The standard InChI is InChI=1S/C8H5ClF3NO2/c1-15-8(14)5-3(10)2-4(7(11)12)13-6(5)9/h2,7H,1H3. The predicted octanol–water partition coefficient (Wildman–Crippen LogP) is 2.60. The van der Waals surface area contributed by atoms with E-state index in [-0.39, 0.29) is 0 Å². The minimum absolute atomic E-state index is 0.447. The number of rotatable bonds is 2. The van der Waals surface area contributed by atoms with Crippen molar-refractivity contribution < 1.29 is 22.7 Å². The molecule has 0 saturated carbocycles. The zero-order valence-corrected chi connectivity index (χ0v) is 8.19. The van der Waals surface area contributed by atoms with Crippen molar-refractivity contribution in [3.8, 4) is 0 Å². The van der Waals surface area contributed by atoms with Crippen molar-refractivity contribution in [2.24, 2.45) is 0 Å². The number of nitrogens with zero attached hydrogens (tertiary/aromatic N) is 1. The van der Waals surface area contributed by atoms with E-state index in [1.54, 1.807) is 0 Å². The fourth-order valence-electron chi connectivity index (χ4n) is 0.898. The number of methoxy groups -OCH3 is 1. The molecule has 0 aliphatic carbocycles. The number of alkyl halides is 2. The molecule has 0 aliphatic rings. The van der Waals surface area contributed by atoms with Crippen LogP contribution in [0.3, 0.4) is 0 Å². The number of esters is 1. The van der Waals surface area contributed by atoms with Gasteiger partial charge >= 0.3 is 5.97 Å². The third-order valence-corrected chi connectivity index (χ3v) is 1.83. The van der Waals surface area contributed by atoms with E-state index in [0.717, 1.165) is 7.11 Å². The molecule has 0 atom stereocenters. The number of ether oxygens (including phenoxy) is 1. The van der Waals surface area contributed by atoms with Crippen LogP contribution < -0.4 is 0 Å². The van der Waals surface area contributed by atoms with Crippen LogP contribution in [0.5, 0.6) is 0 Å². The lowest BCUT2D eigenvalue weighted by Gasteiger charge is -2.05. The molecule has 82 valence electrons. The van der Waals surface area contributed by atoms with Crippen LogP contribution in [0.2, 0.25) is 5.15 Å². The van der Waals surface area contributed by atoms with E-state index in [4.69, 9.17) is 11.6 Å². The molecule has 3 nitrogen and oxygen atoms in total. The quantitative estimate of drug-likeness (QED) is 0.588. The summed E-state index contributed by atoms with van der Waals surface area (Å²) in [5.74, 6) is -2.25. The number of hydrogen-bond donors (Lipinski definition) is 0. The van der Waals surface area contributed by atoms with Crippen molar-refractivity contribution in [3.63, 3.8) is 0 Å². The first kappa shape index (κ1) is 11.8. The maximum absolute atomic E-state index is 13.2. The van der Waals surface area contributed by atoms with Gasteiger partial charge in [0.05, 0.1) is 7.11 Å². The largest absolute Gasteiger partial charge is 0.465 e. The zero-order valence-electron chi connectivity index (χ0n) is 7.43. The summed E-state index contributed by atoms with van der Waals surface area (Å²) in [6.07, 6.45) is -2.95. The van der Waals surface area contributed by atoms with Crippen LogP contribution in [0.25, 0.3) is 0 Å². The first-order chi connectivity index (χ1) is 6.97. The van der Waals surface area contributed by atoms with Gasteiger partial charge in [0, 0.05) is 6.07 Å². The maximum atomic E-state index is 13.2. The predicted molar refractivity (Wildman–Crippen MR) is 45.5 cm³/mol. The van der Waals surface area contributed by atoms with Gasteiger partial charge in [-0.3, -0.25) is 0 Å². The number of aromatic nitrogens is 1. The summed E-state index contributed by atoms with van der Waals surface area (Å²) in [7, 11) is 1.01. The second-order valence-electron chi connectivity index (χ2n) is 2.49. The molecule has 0 aromatic carbocycles. The highest BCUT2D eigenvalue weighted by Gasteiger charge is 2.21. The number of pyridine rings is 1. The molecule has 1 rings (SSSR count). The van der Waals surface area contributed by atoms with Crippen molar-refractivity contribution >= 4 is 17.6 Å². The van der Waals surface area contributed by atoms with Gasteiger partial charge in [0.15, 0.2) is 0 Å². The summed E-state index contributed by atoms with van der Waals surface area (Å²) < 4.78 is 41.6. The molecule has 0 fully saturated rings. The van der Waals surface area contributed by atoms with E-state index in [9.17, 15) is 18.0 Å². The third-order valence-electron chi connectivity index (χ3n) is 1.56. The molecule has 0 radical (unpaired) electrons. The van der Waals surface area contributed by atoms with Gasteiger partial charge in [-0.25, -0.2) is 22.9 Å². The normalized spacial score (nSPS) is 10.5. The van der Waals surface area contributed by atoms with E-state index in [1.807, 2.05) is 0 Å². The summed E-state index contributed by atoms with van der Waals surface area (Å²) in [4.78, 5) is 14.1. The smallest absolute Gasteiger partial charge is 0.344 e. The van der Waals surface area contributed by atoms with Crippen molar-refractivity contribution in [2.75, 3.05) is 7.11 Å². The van der Waals surface area contributed by atoms with E-state index >= 15 is 0 Å². The second kappa shape index (κ2) is 4.48. The fourth-order valence-corrected chi connectivity index (χ4v) is 1.16. The molecule has 0 aliphatic heterocycles. The minimum Gasteiger partial charge on any atom is -0.465 e.